The summed E-state index contributed by atoms with van der Waals surface area (Å²) >= 11 is 0. The van der Waals surface area contributed by atoms with Gasteiger partial charge in [0, 0.05) is 0 Å². The van der Waals surface area contributed by atoms with E-state index in [9.17, 15) is 0 Å². The van der Waals surface area contributed by atoms with E-state index in [0.29, 0.717) is 16.2 Å². The monoisotopic (exact) mass is 384 g/mol. The van der Waals surface area contributed by atoms with Gasteiger partial charge in [0.25, 0.3) is 0 Å². The average molecular weight is 385 g/mol. The van der Waals surface area contributed by atoms with Crippen LogP contribution in [-0.2, 0) is 0 Å². The zero-order valence-electron chi connectivity index (χ0n) is 20.1. The Kier molecular flexibility index (Phi) is 5.37. The Labute approximate surface area is 176 Å². The van der Waals surface area contributed by atoms with Gasteiger partial charge in [0.05, 0.1) is 0 Å². The highest BCUT2D eigenvalue weighted by Crippen LogP contribution is 2.75. The molecule has 4 aliphatic carbocycles. The summed E-state index contributed by atoms with van der Waals surface area (Å²) in [5.74, 6) is 5.72. The zero-order valence-corrected chi connectivity index (χ0v) is 20.1. The second-order valence-corrected chi connectivity index (χ2v) is 12.2. The first-order chi connectivity index (χ1) is 13.3. The van der Waals surface area contributed by atoms with Crippen LogP contribution in [0.3, 0.4) is 0 Å². The fourth-order valence-electron chi connectivity index (χ4n) is 9.80. The van der Waals surface area contributed by atoms with Crippen molar-refractivity contribution in [2.24, 2.45) is 51.8 Å². The molecular formula is C28H48. The molecule has 0 heterocycles. The molecule has 4 fully saturated rings. The van der Waals surface area contributed by atoms with E-state index in [0.717, 1.165) is 35.5 Å². The Hall–Kier alpha value is -0.260. The number of rotatable bonds is 3. The van der Waals surface area contributed by atoms with E-state index in [4.69, 9.17) is 0 Å². The first kappa shape index (κ1) is 21.0. The first-order valence-corrected chi connectivity index (χ1v) is 12.9. The highest BCUT2D eigenvalue weighted by atomic mass is 14.7. The highest BCUT2D eigenvalue weighted by Gasteiger charge is 2.67. The van der Waals surface area contributed by atoms with Crippen molar-refractivity contribution in [2.45, 2.75) is 113 Å². The van der Waals surface area contributed by atoms with Gasteiger partial charge in [0.1, 0.15) is 0 Å². The van der Waals surface area contributed by atoms with E-state index in [2.05, 4.69) is 54.5 Å². The molecule has 0 nitrogen and oxygen atoms in total. The summed E-state index contributed by atoms with van der Waals surface area (Å²) < 4.78 is 0. The van der Waals surface area contributed by atoms with Gasteiger partial charge in [-0.2, -0.15) is 0 Å². The summed E-state index contributed by atoms with van der Waals surface area (Å²) in [6.07, 6.45) is 17.2. The fraction of sp³-hybridized carbons (Fsp3) is 0.929. The molecule has 0 aliphatic heterocycles. The molecule has 9 unspecified atom stereocenters. The molecule has 0 heteroatoms. The lowest BCUT2D eigenvalue weighted by Crippen LogP contribution is -2.60. The van der Waals surface area contributed by atoms with Gasteiger partial charge in [0.2, 0.25) is 0 Å². The Bertz CT molecular complexity index is 616. The standard InChI is InChI=1S/C28H48/c1-8-20-13-15-26(5)22(18-20)11-12-24-25(26)17-19(4)28(7)23(21(9-2)10-3)14-16-27(24,28)6/h9,19-20,22-25H,8,10-18H2,1-7H3/b21-9+. The summed E-state index contributed by atoms with van der Waals surface area (Å²) in [6, 6.07) is 0. The Morgan fingerprint density at radius 2 is 1.68 bits per heavy atom. The third-order valence-corrected chi connectivity index (χ3v) is 12.0. The second-order valence-electron chi connectivity index (χ2n) is 12.2. The third kappa shape index (κ3) is 2.61. The van der Waals surface area contributed by atoms with Crippen molar-refractivity contribution in [3.63, 3.8) is 0 Å². The maximum Gasteiger partial charge on any atom is -0.0141 e. The smallest absolute Gasteiger partial charge is 0.0141 e. The molecule has 4 aliphatic rings. The molecule has 0 amide bonds. The minimum atomic E-state index is 0.510. The van der Waals surface area contributed by atoms with E-state index in [-0.39, 0.29) is 0 Å². The first-order valence-electron chi connectivity index (χ1n) is 12.9. The molecule has 0 N–H and O–H groups in total. The van der Waals surface area contributed by atoms with Crippen molar-refractivity contribution in [1.82, 2.24) is 0 Å². The van der Waals surface area contributed by atoms with Crippen LogP contribution < -0.4 is 0 Å². The van der Waals surface area contributed by atoms with Crippen LogP contribution in [0.15, 0.2) is 11.6 Å². The van der Waals surface area contributed by atoms with Crippen LogP contribution in [0.1, 0.15) is 113 Å². The minimum absolute atomic E-state index is 0.510. The average Bonchev–Trinajstić information content (AvgIpc) is 2.97. The van der Waals surface area contributed by atoms with Crippen LogP contribution >= 0.6 is 0 Å². The number of hydrogen-bond acceptors (Lipinski definition) is 0. The maximum absolute atomic E-state index is 2.75. The van der Waals surface area contributed by atoms with Gasteiger partial charge in [-0.1, -0.05) is 59.6 Å². The van der Waals surface area contributed by atoms with E-state index in [1.807, 2.05) is 0 Å². The van der Waals surface area contributed by atoms with E-state index in [1.165, 1.54) is 57.8 Å². The van der Waals surface area contributed by atoms with Gasteiger partial charge in [-0.05, 0) is 116 Å². The molecule has 28 heavy (non-hydrogen) atoms. The largest absolute Gasteiger partial charge is 0.0882 e. The van der Waals surface area contributed by atoms with Crippen LogP contribution in [0.4, 0.5) is 0 Å². The normalized spacial score (nSPS) is 54.0. The van der Waals surface area contributed by atoms with Crippen molar-refractivity contribution in [3.05, 3.63) is 11.6 Å². The van der Waals surface area contributed by atoms with Crippen LogP contribution in [-0.4, -0.2) is 0 Å². The molecule has 0 saturated heterocycles. The SMILES string of the molecule is C/C=C(\CC)C1CCC2(C)C3CCC4CC(CC)CCC4(C)C3CC(C)C12C. The molecule has 160 valence electrons. The van der Waals surface area contributed by atoms with Gasteiger partial charge in [-0.3, -0.25) is 0 Å². The molecular weight excluding hydrogens is 336 g/mol. The molecule has 0 aromatic heterocycles. The van der Waals surface area contributed by atoms with Crippen molar-refractivity contribution in [3.8, 4) is 0 Å². The third-order valence-electron chi connectivity index (χ3n) is 12.0. The molecule has 0 bridgehead atoms. The number of fused-ring (bicyclic) bond motifs is 5. The van der Waals surface area contributed by atoms with Crippen LogP contribution in [0.2, 0.25) is 0 Å². The number of allylic oxidation sites excluding steroid dienone is 2. The zero-order chi connectivity index (χ0) is 20.3. The molecule has 4 saturated carbocycles. The Balaban J connectivity index is 1.69. The van der Waals surface area contributed by atoms with E-state index < -0.39 is 0 Å². The van der Waals surface area contributed by atoms with Gasteiger partial charge < -0.3 is 0 Å². The molecule has 0 radical (unpaired) electrons. The summed E-state index contributed by atoms with van der Waals surface area (Å²) in [7, 11) is 0. The van der Waals surface area contributed by atoms with Crippen molar-refractivity contribution >= 4 is 0 Å². The summed E-state index contributed by atoms with van der Waals surface area (Å²) in [5.41, 5.74) is 3.47. The summed E-state index contributed by atoms with van der Waals surface area (Å²) in [6.45, 7) is 18.0. The van der Waals surface area contributed by atoms with Gasteiger partial charge in [0.15, 0.2) is 0 Å². The second kappa shape index (κ2) is 7.16. The molecule has 0 aromatic rings. The lowest BCUT2D eigenvalue weighted by Gasteiger charge is -2.67. The molecule has 0 spiro atoms. The van der Waals surface area contributed by atoms with Gasteiger partial charge >= 0.3 is 0 Å². The maximum atomic E-state index is 2.75. The predicted octanol–water partition coefficient (Wildman–Crippen LogP) is 8.66. The number of hydrogen-bond donors (Lipinski definition) is 0. The van der Waals surface area contributed by atoms with E-state index in [1.54, 1.807) is 12.0 Å². The van der Waals surface area contributed by atoms with Crippen LogP contribution in [0.5, 0.6) is 0 Å². The lowest BCUT2D eigenvalue weighted by molar-refractivity contribution is -0.177. The quantitative estimate of drug-likeness (QED) is 0.427. The van der Waals surface area contributed by atoms with Gasteiger partial charge in [-0.25, -0.2) is 0 Å². The van der Waals surface area contributed by atoms with Crippen molar-refractivity contribution in [2.75, 3.05) is 0 Å². The molecule has 4 rings (SSSR count). The van der Waals surface area contributed by atoms with E-state index >= 15 is 0 Å². The van der Waals surface area contributed by atoms with Crippen LogP contribution in [0, 0.1) is 51.8 Å². The summed E-state index contributed by atoms with van der Waals surface area (Å²) in [4.78, 5) is 0. The molecule has 9 atom stereocenters. The molecule has 0 aromatic carbocycles. The summed E-state index contributed by atoms with van der Waals surface area (Å²) in [5, 5.41) is 0. The minimum Gasteiger partial charge on any atom is -0.0882 e. The Morgan fingerprint density at radius 1 is 0.929 bits per heavy atom. The van der Waals surface area contributed by atoms with Crippen molar-refractivity contribution < 1.29 is 0 Å². The lowest BCUT2D eigenvalue weighted by atomic mass is 9.38. The van der Waals surface area contributed by atoms with Crippen molar-refractivity contribution in [1.29, 1.82) is 0 Å². The predicted molar refractivity (Wildman–Crippen MR) is 122 cm³/mol. The van der Waals surface area contributed by atoms with Gasteiger partial charge in [-0.15, -0.1) is 0 Å². The highest BCUT2D eigenvalue weighted by molar-refractivity contribution is 5.22. The Morgan fingerprint density at radius 3 is 2.32 bits per heavy atom. The fourth-order valence-corrected chi connectivity index (χ4v) is 9.80. The topological polar surface area (TPSA) is 0 Å². The van der Waals surface area contributed by atoms with Crippen LogP contribution in [0.25, 0.3) is 0 Å².